The maximum Gasteiger partial charge on any atom is 0.207 e. The minimum absolute atomic E-state index is 0.400. The molecular formula is C24H14O2S. The minimum Gasteiger partial charge on any atom is -0.218 e. The molecule has 4 aromatic carbocycles. The summed E-state index contributed by atoms with van der Waals surface area (Å²) in [6.45, 7) is 0. The van der Waals surface area contributed by atoms with E-state index in [4.69, 9.17) is 0 Å². The zero-order valence-corrected chi connectivity index (χ0v) is 15.1. The van der Waals surface area contributed by atoms with Crippen molar-refractivity contribution in [1.82, 2.24) is 0 Å². The van der Waals surface area contributed by atoms with Gasteiger partial charge in [-0.2, -0.15) is 0 Å². The number of fused-ring (bicyclic) bond motifs is 8. The average Bonchev–Trinajstić information content (AvgIpc) is 2.69. The predicted molar refractivity (Wildman–Crippen MR) is 107 cm³/mol. The van der Waals surface area contributed by atoms with E-state index in [0.29, 0.717) is 9.79 Å². The van der Waals surface area contributed by atoms with Crippen molar-refractivity contribution in [1.29, 1.82) is 0 Å². The van der Waals surface area contributed by atoms with E-state index < -0.39 is 9.84 Å². The van der Waals surface area contributed by atoms with Gasteiger partial charge in [-0.05, 0) is 45.5 Å². The van der Waals surface area contributed by atoms with Crippen molar-refractivity contribution < 1.29 is 8.42 Å². The first-order valence-electron chi connectivity index (χ1n) is 8.88. The van der Waals surface area contributed by atoms with Crippen LogP contribution in [0.4, 0.5) is 0 Å². The number of hydrogen-bond acceptors (Lipinski definition) is 2. The molecule has 4 aromatic rings. The van der Waals surface area contributed by atoms with Gasteiger partial charge in [-0.15, -0.1) is 0 Å². The van der Waals surface area contributed by atoms with E-state index in [2.05, 4.69) is 0 Å². The number of hydrogen-bond donors (Lipinski definition) is 0. The molecule has 0 aromatic heterocycles. The van der Waals surface area contributed by atoms with Crippen molar-refractivity contribution in [2.24, 2.45) is 0 Å². The Kier molecular flexibility index (Phi) is 2.75. The van der Waals surface area contributed by atoms with E-state index in [1.165, 1.54) is 0 Å². The maximum atomic E-state index is 13.7. The largest absolute Gasteiger partial charge is 0.218 e. The highest BCUT2D eigenvalue weighted by molar-refractivity contribution is 7.91. The van der Waals surface area contributed by atoms with Crippen molar-refractivity contribution in [2.75, 3.05) is 0 Å². The first-order valence-corrected chi connectivity index (χ1v) is 10.4. The van der Waals surface area contributed by atoms with Gasteiger partial charge < -0.3 is 0 Å². The van der Waals surface area contributed by atoms with Crippen molar-refractivity contribution in [3.8, 4) is 44.5 Å². The molecule has 0 N–H and O–H groups in total. The van der Waals surface area contributed by atoms with Crippen LogP contribution in [0.2, 0.25) is 0 Å². The summed E-state index contributed by atoms with van der Waals surface area (Å²) >= 11 is 0. The van der Waals surface area contributed by atoms with Crippen LogP contribution in [-0.2, 0) is 9.84 Å². The lowest BCUT2D eigenvalue weighted by atomic mass is 9.80. The zero-order valence-electron chi connectivity index (χ0n) is 14.3. The molecule has 6 rings (SSSR count). The summed E-state index contributed by atoms with van der Waals surface area (Å²) in [4.78, 5) is 0.799. The lowest BCUT2D eigenvalue weighted by Gasteiger charge is -2.29. The predicted octanol–water partition coefficient (Wildman–Crippen LogP) is 5.81. The maximum absolute atomic E-state index is 13.7. The molecule has 0 amide bonds. The average molecular weight is 366 g/mol. The number of rotatable bonds is 2. The second-order valence-corrected chi connectivity index (χ2v) is 8.84. The SMILES string of the molecule is O=S(=O)(c1cccc2c1-c1ccccc1-2)c1cccc2c1-c1ccccc1-2. The number of benzene rings is 4. The van der Waals surface area contributed by atoms with Gasteiger partial charge in [0.05, 0.1) is 9.79 Å². The summed E-state index contributed by atoms with van der Waals surface area (Å²) < 4.78 is 27.3. The van der Waals surface area contributed by atoms with Crippen LogP contribution in [0.15, 0.2) is 94.7 Å². The molecule has 0 fully saturated rings. The highest BCUT2D eigenvalue weighted by Gasteiger charge is 2.35. The standard InChI is InChI=1S/C24H14O2S/c25-27(26,21-13-5-11-19-15-7-1-3-9-17(15)23(19)21)22-14-6-12-20-16-8-2-4-10-18(16)24(20)22/h1-14H. The van der Waals surface area contributed by atoms with Gasteiger partial charge in [-0.1, -0.05) is 72.8 Å². The fourth-order valence-corrected chi connectivity index (χ4v) is 6.11. The Morgan fingerprint density at radius 3 is 1.22 bits per heavy atom. The summed E-state index contributed by atoms with van der Waals surface area (Å²) in [5.41, 5.74) is 8.00. The Morgan fingerprint density at radius 2 is 0.778 bits per heavy atom. The van der Waals surface area contributed by atoms with E-state index in [0.717, 1.165) is 44.5 Å². The topological polar surface area (TPSA) is 34.1 Å². The van der Waals surface area contributed by atoms with Crippen LogP contribution in [-0.4, -0.2) is 8.42 Å². The second kappa shape index (κ2) is 4.96. The molecule has 0 aliphatic heterocycles. The monoisotopic (exact) mass is 366 g/mol. The fraction of sp³-hybridized carbons (Fsp3) is 0. The van der Waals surface area contributed by atoms with E-state index in [1.807, 2.05) is 72.8 Å². The highest BCUT2D eigenvalue weighted by atomic mass is 32.2. The fourth-order valence-electron chi connectivity index (χ4n) is 4.38. The third-order valence-corrected chi connectivity index (χ3v) is 7.44. The molecular weight excluding hydrogens is 352 g/mol. The van der Waals surface area contributed by atoms with Gasteiger partial charge in [-0.3, -0.25) is 0 Å². The smallest absolute Gasteiger partial charge is 0.207 e. The molecule has 0 saturated heterocycles. The number of sulfone groups is 1. The van der Waals surface area contributed by atoms with Crippen LogP contribution < -0.4 is 0 Å². The van der Waals surface area contributed by atoms with Gasteiger partial charge in [-0.25, -0.2) is 8.42 Å². The lowest BCUT2D eigenvalue weighted by molar-refractivity contribution is 0.596. The van der Waals surface area contributed by atoms with Gasteiger partial charge in [0.15, 0.2) is 0 Å². The van der Waals surface area contributed by atoms with E-state index in [1.54, 1.807) is 12.1 Å². The van der Waals surface area contributed by atoms with Gasteiger partial charge >= 0.3 is 0 Å². The molecule has 128 valence electrons. The molecule has 0 unspecified atom stereocenters. The van der Waals surface area contributed by atoms with Crippen LogP contribution >= 0.6 is 0 Å². The normalized spacial score (nSPS) is 12.7. The first kappa shape index (κ1) is 14.9. The minimum atomic E-state index is -3.63. The molecule has 2 nitrogen and oxygen atoms in total. The summed E-state index contributed by atoms with van der Waals surface area (Å²) in [5, 5.41) is 0. The molecule has 3 heteroatoms. The van der Waals surface area contributed by atoms with E-state index in [9.17, 15) is 8.42 Å². The van der Waals surface area contributed by atoms with Crippen LogP contribution in [0.1, 0.15) is 0 Å². The van der Waals surface area contributed by atoms with Gasteiger partial charge in [0.2, 0.25) is 9.84 Å². The molecule has 27 heavy (non-hydrogen) atoms. The first-order chi connectivity index (χ1) is 13.2. The Labute approximate surface area is 157 Å². The molecule has 0 saturated carbocycles. The van der Waals surface area contributed by atoms with E-state index >= 15 is 0 Å². The molecule has 0 spiro atoms. The quantitative estimate of drug-likeness (QED) is 0.387. The van der Waals surface area contributed by atoms with E-state index in [-0.39, 0.29) is 0 Å². The molecule has 2 aliphatic carbocycles. The highest BCUT2D eigenvalue weighted by Crippen LogP contribution is 2.54. The van der Waals surface area contributed by atoms with Gasteiger partial charge in [0.1, 0.15) is 0 Å². The lowest BCUT2D eigenvalue weighted by Crippen LogP contribution is -2.12. The van der Waals surface area contributed by atoms with Crippen LogP contribution in [0.3, 0.4) is 0 Å². The van der Waals surface area contributed by atoms with Gasteiger partial charge in [0.25, 0.3) is 0 Å². The third kappa shape index (κ3) is 1.77. The van der Waals surface area contributed by atoms with Crippen LogP contribution in [0.5, 0.6) is 0 Å². The molecule has 2 aliphatic rings. The zero-order chi connectivity index (χ0) is 18.2. The Balaban J connectivity index is 1.59. The summed E-state index contributed by atoms with van der Waals surface area (Å²) in [7, 11) is -3.63. The van der Waals surface area contributed by atoms with Crippen LogP contribution in [0, 0.1) is 0 Å². The molecule has 0 radical (unpaired) electrons. The summed E-state index contributed by atoms with van der Waals surface area (Å²) in [5.74, 6) is 0. The van der Waals surface area contributed by atoms with Crippen molar-refractivity contribution in [2.45, 2.75) is 9.79 Å². The Morgan fingerprint density at radius 1 is 0.407 bits per heavy atom. The van der Waals surface area contributed by atoms with Crippen molar-refractivity contribution in [3.05, 3.63) is 84.9 Å². The summed E-state index contributed by atoms with van der Waals surface area (Å²) in [6.07, 6.45) is 0. The third-order valence-electron chi connectivity index (χ3n) is 5.60. The van der Waals surface area contributed by atoms with Crippen LogP contribution in [0.25, 0.3) is 44.5 Å². The summed E-state index contributed by atoms with van der Waals surface area (Å²) in [6, 6.07) is 27.1. The molecule has 0 atom stereocenters. The molecule has 0 heterocycles. The van der Waals surface area contributed by atoms with Gasteiger partial charge in [0, 0.05) is 11.1 Å². The van der Waals surface area contributed by atoms with Crippen molar-refractivity contribution in [3.63, 3.8) is 0 Å². The van der Waals surface area contributed by atoms with Crippen molar-refractivity contribution >= 4 is 9.84 Å². The second-order valence-electron chi connectivity index (χ2n) is 6.95. The Hall–Kier alpha value is -3.17. The molecule has 0 bridgehead atoms. The Bertz CT molecular complexity index is 1280.